The van der Waals surface area contributed by atoms with Crippen LogP contribution in [0.1, 0.15) is 22.3 Å². The van der Waals surface area contributed by atoms with E-state index in [0.717, 1.165) is 22.3 Å². The lowest BCUT2D eigenvalue weighted by Gasteiger charge is -1.99. The van der Waals surface area contributed by atoms with Gasteiger partial charge in [-0.25, -0.2) is 0 Å². The molecule has 1 heteroatoms. The Kier molecular flexibility index (Phi) is 4.63. The van der Waals surface area contributed by atoms with Gasteiger partial charge in [0, 0.05) is 22.3 Å². The Morgan fingerprint density at radius 3 is 1.61 bits per heavy atom. The van der Waals surface area contributed by atoms with Gasteiger partial charge in [0.15, 0.2) is 0 Å². The normalized spacial score (nSPS) is 9.22. The van der Waals surface area contributed by atoms with Crippen LogP contribution < -0.4 is 5.46 Å². The summed E-state index contributed by atoms with van der Waals surface area (Å²) >= 11 is 0. The van der Waals surface area contributed by atoms with Crippen molar-refractivity contribution in [2.24, 2.45) is 0 Å². The Labute approximate surface area is 138 Å². The average Bonchev–Trinajstić information content (AvgIpc) is 2.61. The topological polar surface area (TPSA) is 0 Å². The lowest BCUT2D eigenvalue weighted by molar-refractivity contribution is 1.62. The van der Waals surface area contributed by atoms with Crippen molar-refractivity contribution in [2.45, 2.75) is 0 Å². The summed E-state index contributed by atoms with van der Waals surface area (Å²) in [5, 5.41) is 0. The molecule has 3 rings (SSSR count). The predicted molar refractivity (Wildman–Crippen MR) is 96.7 cm³/mol. The maximum Gasteiger partial charge on any atom is 0.115 e. The van der Waals surface area contributed by atoms with Gasteiger partial charge in [0.1, 0.15) is 7.85 Å². The monoisotopic (exact) mass is 288 g/mol. The first-order valence-electron chi connectivity index (χ1n) is 7.35. The predicted octanol–water partition coefficient (Wildman–Crippen LogP) is 3.28. The Morgan fingerprint density at radius 2 is 1.04 bits per heavy atom. The molecule has 2 radical (unpaired) electrons. The zero-order valence-corrected chi connectivity index (χ0v) is 12.6. The van der Waals surface area contributed by atoms with Crippen LogP contribution >= 0.6 is 0 Å². The highest BCUT2D eigenvalue weighted by atomic mass is 14.0. The lowest BCUT2D eigenvalue weighted by Crippen LogP contribution is -2.07. The van der Waals surface area contributed by atoms with Gasteiger partial charge in [0.05, 0.1) is 0 Å². The van der Waals surface area contributed by atoms with Crippen LogP contribution in [0, 0.1) is 23.7 Å². The molecule has 0 saturated heterocycles. The van der Waals surface area contributed by atoms with Crippen LogP contribution in [0.4, 0.5) is 0 Å². The molecule has 0 bridgehead atoms. The molecule has 0 amide bonds. The van der Waals surface area contributed by atoms with Crippen LogP contribution in [0.25, 0.3) is 0 Å². The van der Waals surface area contributed by atoms with Crippen LogP contribution in [0.15, 0.2) is 78.9 Å². The molecule has 0 nitrogen and oxygen atoms in total. The highest BCUT2D eigenvalue weighted by Gasteiger charge is 1.95. The van der Waals surface area contributed by atoms with Gasteiger partial charge >= 0.3 is 0 Å². The second-order valence-electron chi connectivity index (χ2n) is 5.03. The van der Waals surface area contributed by atoms with Crippen LogP contribution in [-0.2, 0) is 0 Å². The van der Waals surface area contributed by atoms with Gasteiger partial charge < -0.3 is 0 Å². The molecule has 0 fully saturated rings. The minimum Gasteiger partial charge on any atom is -0.0801 e. The first kappa shape index (κ1) is 14.8. The highest BCUT2D eigenvalue weighted by Crippen LogP contribution is 2.02. The van der Waals surface area contributed by atoms with Gasteiger partial charge in [-0.2, -0.15) is 0 Å². The summed E-state index contributed by atoms with van der Waals surface area (Å²) in [4.78, 5) is 0. The second-order valence-corrected chi connectivity index (χ2v) is 5.03. The fourth-order valence-corrected chi connectivity index (χ4v) is 2.08. The standard InChI is InChI=1S/C22H13B/c23-22-17-20(12-11-18-7-3-1-4-8-18)14-16-21(22)15-13-19-9-5-2-6-10-19/h1-10,14,16-17H. The fourth-order valence-electron chi connectivity index (χ4n) is 2.08. The summed E-state index contributed by atoms with van der Waals surface area (Å²) in [6, 6.07) is 25.5. The van der Waals surface area contributed by atoms with Crippen molar-refractivity contribution in [1.29, 1.82) is 0 Å². The van der Waals surface area contributed by atoms with Gasteiger partial charge in [-0.1, -0.05) is 71.6 Å². The van der Waals surface area contributed by atoms with Gasteiger partial charge in [-0.15, -0.1) is 0 Å². The molecular formula is C22H13B. The van der Waals surface area contributed by atoms with E-state index in [2.05, 4.69) is 23.7 Å². The maximum atomic E-state index is 6.08. The quantitative estimate of drug-likeness (QED) is 0.440. The van der Waals surface area contributed by atoms with Gasteiger partial charge in [-0.05, 0) is 36.4 Å². The first-order chi connectivity index (χ1) is 11.3. The van der Waals surface area contributed by atoms with E-state index in [9.17, 15) is 0 Å². The Bertz CT molecular complexity index is 918. The van der Waals surface area contributed by atoms with Crippen molar-refractivity contribution in [1.82, 2.24) is 0 Å². The zero-order valence-electron chi connectivity index (χ0n) is 12.6. The van der Waals surface area contributed by atoms with E-state index in [1.165, 1.54) is 0 Å². The van der Waals surface area contributed by atoms with Crippen LogP contribution in [-0.4, -0.2) is 7.85 Å². The number of benzene rings is 3. The van der Waals surface area contributed by atoms with E-state index in [-0.39, 0.29) is 0 Å². The van der Waals surface area contributed by atoms with E-state index < -0.39 is 0 Å². The van der Waals surface area contributed by atoms with Crippen molar-refractivity contribution in [2.75, 3.05) is 0 Å². The molecule has 0 aliphatic rings. The summed E-state index contributed by atoms with van der Waals surface area (Å²) in [6.45, 7) is 0. The smallest absolute Gasteiger partial charge is 0.0801 e. The van der Waals surface area contributed by atoms with Gasteiger partial charge in [0.2, 0.25) is 0 Å². The molecule has 0 aromatic heterocycles. The van der Waals surface area contributed by atoms with Crippen molar-refractivity contribution >= 4 is 13.3 Å². The van der Waals surface area contributed by atoms with Crippen molar-refractivity contribution in [3.8, 4) is 23.7 Å². The first-order valence-corrected chi connectivity index (χ1v) is 7.35. The fraction of sp³-hybridized carbons (Fsp3) is 0. The molecule has 0 aliphatic heterocycles. The molecule has 0 saturated carbocycles. The number of hydrogen-bond acceptors (Lipinski definition) is 0. The molecule has 23 heavy (non-hydrogen) atoms. The number of hydrogen-bond donors (Lipinski definition) is 0. The molecule has 0 N–H and O–H groups in total. The molecule has 3 aromatic carbocycles. The third kappa shape index (κ3) is 4.16. The average molecular weight is 288 g/mol. The third-order valence-corrected chi connectivity index (χ3v) is 3.29. The molecule has 0 spiro atoms. The van der Waals surface area contributed by atoms with E-state index in [4.69, 9.17) is 7.85 Å². The second kappa shape index (κ2) is 7.21. The van der Waals surface area contributed by atoms with Gasteiger partial charge in [-0.3, -0.25) is 0 Å². The summed E-state index contributed by atoms with van der Waals surface area (Å²) in [5.41, 5.74) is 4.31. The van der Waals surface area contributed by atoms with Crippen molar-refractivity contribution < 1.29 is 0 Å². The summed E-state index contributed by atoms with van der Waals surface area (Å²) in [5.74, 6) is 12.5. The Hall–Kier alpha value is -3.16. The minimum absolute atomic E-state index is 0.647. The number of rotatable bonds is 0. The van der Waals surface area contributed by atoms with Crippen LogP contribution in [0.3, 0.4) is 0 Å². The van der Waals surface area contributed by atoms with E-state index in [1.807, 2.05) is 78.9 Å². The zero-order chi connectivity index (χ0) is 15.9. The van der Waals surface area contributed by atoms with Crippen LogP contribution in [0.2, 0.25) is 0 Å². The molecule has 3 aromatic rings. The SMILES string of the molecule is [B]c1cc(C#Cc2ccccc2)ccc1C#Cc1ccccc1. The maximum absolute atomic E-state index is 6.08. The van der Waals surface area contributed by atoms with E-state index in [1.54, 1.807) is 0 Å². The molecule has 0 heterocycles. The Balaban J connectivity index is 1.82. The summed E-state index contributed by atoms with van der Waals surface area (Å²) in [7, 11) is 6.08. The van der Waals surface area contributed by atoms with Crippen LogP contribution in [0.5, 0.6) is 0 Å². The van der Waals surface area contributed by atoms with Crippen molar-refractivity contribution in [3.05, 3.63) is 101 Å². The van der Waals surface area contributed by atoms with E-state index >= 15 is 0 Å². The largest absolute Gasteiger partial charge is 0.115 e. The lowest BCUT2D eigenvalue weighted by atomic mass is 9.89. The Morgan fingerprint density at radius 1 is 0.522 bits per heavy atom. The molecule has 0 atom stereocenters. The minimum atomic E-state index is 0.647. The molecule has 104 valence electrons. The summed E-state index contributed by atoms with van der Waals surface area (Å²) in [6.07, 6.45) is 0. The molecule has 0 aliphatic carbocycles. The highest BCUT2D eigenvalue weighted by molar-refractivity contribution is 6.34. The van der Waals surface area contributed by atoms with Gasteiger partial charge in [0.25, 0.3) is 0 Å². The van der Waals surface area contributed by atoms with E-state index in [0.29, 0.717) is 5.46 Å². The van der Waals surface area contributed by atoms with Crippen molar-refractivity contribution in [3.63, 3.8) is 0 Å². The summed E-state index contributed by atoms with van der Waals surface area (Å²) < 4.78 is 0. The molecule has 0 unspecified atom stereocenters. The third-order valence-electron chi connectivity index (χ3n) is 3.29. The molecular weight excluding hydrogens is 275 g/mol.